The average molecular weight is 940 g/mol. The number of amides is 2. The fraction of sp³-hybridized carbons (Fsp3) is 0.553. The number of pyridine rings is 1. The minimum absolute atomic E-state index is 0.00708. The summed E-state index contributed by atoms with van der Waals surface area (Å²) in [6, 6.07) is 7.77. The number of benzene rings is 2. The van der Waals surface area contributed by atoms with E-state index in [9.17, 15) is 32.6 Å². The van der Waals surface area contributed by atoms with Crippen LogP contribution in [0.15, 0.2) is 41.8 Å². The number of aryl methyl sites for hydroxylation is 1. The molecule has 3 N–H and O–H groups in total. The van der Waals surface area contributed by atoms with Gasteiger partial charge in [-0.3, -0.25) is 18.9 Å². The number of hydrogen-bond donors (Lipinski definition) is 3. The van der Waals surface area contributed by atoms with Crippen molar-refractivity contribution >= 4 is 64.1 Å². The van der Waals surface area contributed by atoms with E-state index in [1.54, 1.807) is 6.07 Å². The van der Waals surface area contributed by atoms with E-state index >= 15 is 0 Å². The highest BCUT2D eigenvalue weighted by Crippen LogP contribution is 2.71. The first-order chi connectivity index (χ1) is 30.6. The second-order valence-electron chi connectivity index (χ2n) is 18.4. The summed E-state index contributed by atoms with van der Waals surface area (Å²) < 4.78 is 57.1. The Morgan fingerprint density at radius 2 is 1.72 bits per heavy atom. The monoisotopic (exact) mass is 939 g/mol. The van der Waals surface area contributed by atoms with E-state index in [1.165, 1.54) is 22.3 Å². The first-order valence-electron chi connectivity index (χ1n) is 22.7. The van der Waals surface area contributed by atoms with Crippen molar-refractivity contribution < 1.29 is 42.1 Å². The zero-order chi connectivity index (χ0) is 45.3. The lowest BCUT2D eigenvalue weighted by Crippen LogP contribution is -2.51. The van der Waals surface area contributed by atoms with Crippen LogP contribution in [0.5, 0.6) is 5.75 Å². The number of ether oxygens (including phenoxy) is 2. The number of nitrogens with zero attached hydrogens (tertiary/aromatic N) is 3. The minimum atomic E-state index is -4.53. The molecule has 344 valence electrons. The zero-order valence-corrected chi connectivity index (χ0v) is 39.0. The van der Waals surface area contributed by atoms with Crippen LogP contribution in [0.2, 0.25) is 5.02 Å². The van der Waals surface area contributed by atoms with E-state index in [4.69, 9.17) is 31.0 Å². The number of nitrogens with one attached hydrogen (secondary N) is 2. The molecule has 17 heteroatoms. The zero-order valence-electron chi connectivity index (χ0n) is 36.5. The van der Waals surface area contributed by atoms with E-state index in [1.807, 2.05) is 38.3 Å². The molecule has 4 heterocycles. The van der Waals surface area contributed by atoms with E-state index < -0.39 is 77.8 Å². The number of carbonyl (C=O) groups is 3. The maximum Gasteiger partial charge on any atom is 0.306 e. The molecule has 64 heavy (non-hydrogen) atoms. The predicted octanol–water partition coefficient (Wildman–Crippen LogP) is 10.3. The second-order valence-corrected chi connectivity index (χ2v) is 22.2. The highest BCUT2D eigenvalue weighted by atomic mass is 35.5. The van der Waals surface area contributed by atoms with Crippen molar-refractivity contribution in [2.24, 2.45) is 11.8 Å². The van der Waals surface area contributed by atoms with Crippen LogP contribution in [0, 0.1) is 30.4 Å². The van der Waals surface area contributed by atoms with Crippen molar-refractivity contribution in [3.05, 3.63) is 69.6 Å². The molecule has 1 unspecified atom stereocenters. The molecule has 0 spiro atoms. The average Bonchev–Trinajstić information content (AvgIpc) is 3.66. The smallest absolute Gasteiger partial charge is 0.306 e. The molecule has 4 fully saturated rings. The van der Waals surface area contributed by atoms with Gasteiger partial charge in [-0.1, -0.05) is 55.8 Å². The third kappa shape index (κ3) is 9.98. The maximum absolute atomic E-state index is 15.0. The Bertz CT molecular complexity index is 2430. The largest absolute Gasteiger partial charge is 0.488 e. The molecule has 2 saturated carbocycles. The Kier molecular flexibility index (Phi) is 14.0. The Morgan fingerprint density at radius 3 is 2.45 bits per heavy atom. The van der Waals surface area contributed by atoms with Crippen molar-refractivity contribution in [2.45, 2.75) is 146 Å². The standard InChI is InChI=1S/C47H57ClF2N5O7PS/c1-27(2)51-46-53-38(26-64-46)37-22-40(33-19-18-28(3)42(48)43(33)52-37)61-32-21-39-44(57)54-47(63(59,60)25-34-35(49)16-11-17-36(34)50)23-30(47)13-8-6-4-5-7-12-29(45(58)55(39)24-32)20-41(56)62-31-14-9-10-15-31/h11,16-19,22,26-27,29-32,39H,4-10,12-15,20-21,23-25H2,1-3H3,(H,51,53)(H,54,57)(H,59,60)/t29-,30-,32-,39+,47+/m1/s1. The van der Waals surface area contributed by atoms with Crippen LogP contribution in [0.4, 0.5) is 13.9 Å². The van der Waals surface area contributed by atoms with Gasteiger partial charge in [0.05, 0.1) is 35.4 Å². The van der Waals surface area contributed by atoms with Gasteiger partial charge < -0.3 is 29.9 Å². The lowest BCUT2D eigenvalue weighted by molar-refractivity contribution is -0.154. The van der Waals surface area contributed by atoms with Gasteiger partial charge in [0, 0.05) is 40.8 Å². The summed E-state index contributed by atoms with van der Waals surface area (Å²) in [5.74, 6) is -4.19. The highest BCUT2D eigenvalue weighted by molar-refractivity contribution is 7.59. The molecule has 2 aromatic heterocycles. The van der Waals surface area contributed by atoms with Crippen molar-refractivity contribution in [3.63, 3.8) is 0 Å². The van der Waals surface area contributed by atoms with E-state index in [2.05, 4.69) is 10.6 Å². The van der Waals surface area contributed by atoms with E-state index in [0.717, 1.165) is 74.2 Å². The molecule has 0 radical (unpaired) electrons. The van der Waals surface area contributed by atoms with Crippen molar-refractivity contribution in [3.8, 4) is 17.1 Å². The van der Waals surface area contributed by atoms with Crippen LogP contribution in [-0.2, 0) is 29.8 Å². The summed E-state index contributed by atoms with van der Waals surface area (Å²) in [6.45, 7) is 5.89. The number of aromatic nitrogens is 2. The first-order valence-corrected chi connectivity index (χ1v) is 25.8. The number of thiazole rings is 1. The van der Waals surface area contributed by atoms with Crippen molar-refractivity contribution in [1.29, 1.82) is 0 Å². The van der Waals surface area contributed by atoms with Crippen LogP contribution in [-0.4, -0.2) is 73.7 Å². The molecule has 2 saturated heterocycles. The van der Waals surface area contributed by atoms with Gasteiger partial charge >= 0.3 is 5.97 Å². The number of carbonyl (C=O) groups excluding carboxylic acids is 3. The Balaban J connectivity index is 1.14. The molecule has 4 aromatic rings. The summed E-state index contributed by atoms with van der Waals surface area (Å²) in [7, 11) is -4.53. The molecule has 2 aliphatic carbocycles. The number of halogens is 3. The van der Waals surface area contributed by atoms with Crippen molar-refractivity contribution in [1.82, 2.24) is 20.2 Å². The fourth-order valence-corrected chi connectivity index (χ4v) is 13.3. The van der Waals surface area contributed by atoms with Gasteiger partial charge in [0.25, 0.3) is 0 Å². The molecule has 2 amide bonds. The molecule has 2 aromatic carbocycles. The molecular weight excluding hydrogens is 883 g/mol. The van der Waals surface area contributed by atoms with Gasteiger partial charge in [-0.2, -0.15) is 0 Å². The van der Waals surface area contributed by atoms with Crippen LogP contribution in [0.1, 0.15) is 115 Å². The SMILES string of the molecule is Cc1ccc2c(O[C@@H]3C[C@H]4C(=O)N[C@]5(P(=O)(O)Cc6c(F)cccc6F)C[C@H]5CCCCCCC[C@H](CC(=O)OC5CCCC5)C(=O)N4C3)cc(-c3csc(NC(C)C)n3)nc2c1Cl. The molecule has 8 rings (SSSR count). The Labute approximate surface area is 381 Å². The normalized spacial score (nSPS) is 25.5. The molecular formula is C47H57ClF2N5O7PS. The molecule has 6 atom stereocenters. The van der Waals surface area contributed by atoms with Gasteiger partial charge in [-0.25, -0.2) is 18.7 Å². The number of esters is 1. The summed E-state index contributed by atoms with van der Waals surface area (Å²) in [5, 5.41) is 8.26. The maximum atomic E-state index is 15.0. The molecule has 12 nitrogen and oxygen atoms in total. The second kappa shape index (κ2) is 19.4. The summed E-state index contributed by atoms with van der Waals surface area (Å²) in [4.78, 5) is 66.2. The van der Waals surface area contributed by atoms with Gasteiger partial charge in [-0.05, 0) is 95.4 Å². The van der Waals surface area contributed by atoms with Gasteiger partial charge in [0.1, 0.15) is 46.6 Å². The summed E-state index contributed by atoms with van der Waals surface area (Å²) in [5.41, 5.74) is 1.91. The quantitative estimate of drug-likeness (QED) is 0.0976. The van der Waals surface area contributed by atoms with Crippen LogP contribution in [0.3, 0.4) is 0 Å². The van der Waals surface area contributed by atoms with Crippen molar-refractivity contribution in [2.75, 3.05) is 11.9 Å². The summed E-state index contributed by atoms with van der Waals surface area (Å²) in [6.07, 6.45) is 6.63. The predicted molar refractivity (Wildman–Crippen MR) is 244 cm³/mol. The van der Waals surface area contributed by atoms with Gasteiger partial charge in [0.2, 0.25) is 19.2 Å². The first kappa shape index (κ1) is 46.4. The number of anilines is 1. The minimum Gasteiger partial charge on any atom is -0.488 e. The Morgan fingerprint density at radius 1 is 1.02 bits per heavy atom. The lowest BCUT2D eigenvalue weighted by atomic mass is 9.95. The topological polar surface area (TPSA) is 160 Å². The van der Waals surface area contributed by atoms with Crippen LogP contribution >= 0.6 is 30.3 Å². The molecule has 2 aliphatic heterocycles. The third-order valence-corrected chi connectivity index (χ3v) is 17.2. The lowest BCUT2D eigenvalue weighted by Gasteiger charge is -2.31. The highest BCUT2D eigenvalue weighted by Gasteiger charge is 2.66. The van der Waals surface area contributed by atoms with Crippen LogP contribution < -0.4 is 15.4 Å². The van der Waals surface area contributed by atoms with Gasteiger partial charge in [0.15, 0.2) is 5.13 Å². The number of fused-ring (bicyclic) bond motifs is 3. The fourth-order valence-electron chi connectivity index (χ4n) is 9.78. The summed E-state index contributed by atoms with van der Waals surface area (Å²) >= 11 is 8.32. The molecule has 0 bridgehead atoms. The van der Waals surface area contributed by atoms with Crippen LogP contribution in [0.25, 0.3) is 22.3 Å². The van der Waals surface area contributed by atoms with E-state index in [0.29, 0.717) is 52.3 Å². The van der Waals surface area contributed by atoms with Gasteiger partial charge in [-0.15, -0.1) is 11.3 Å². The third-order valence-electron chi connectivity index (χ3n) is 13.3. The van der Waals surface area contributed by atoms with E-state index in [-0.39, 0.29) is 38.0 Å². The Hall–Kier alpha value is -4.17. The molecule has 4 aliphatic rings. The number of hydrogen-bond acceptors (Lipinski definition) is 10. The number of rotatable bonds is 11.